The van der Waals surface area contributed by atoms with Crippen LogP contribution in [-0.2, 0) is 7.05 Å². The molecule has 0 radical (unpaired) electrons. The predicted molar refractivity (Wildman–Crippen MR) is 75.3 cm³/mol. The summed E-state index contributed by atoms with van der Waals surface area (Å²) in [6.45, 7) is 6.93. The topological polar surface area (TPSA) is 45.5 Å². The van der Waals surface area contributed by atoms with Crippen molar-refractivity contribution in [1.29, 1.82) is 0 Å². The lowest BCUT2D eigenvalue weighted by Crippen LogP contribution is -2.57. The minimum absolute atomic E-state index is 0.0297. The van der Waals surface area contributed by atoms with Crippen LogP contribution in [0.3, 0.4) is 0 Å². The fourth-order valence-electron chi connectivity index (χ4n) is 2.49. The summed E-state index contributed by atoms with van der Waals surface area (Å²) in [4.78, 5) is 14.3. The third-order valence-corrected chi connectivity index (χ3v) is 4.60. The van der Waals surface area contributed by atoms with Crippen molar-refractivity contribution in [3.8, 4) is 0 Å². The smallest absolute Gasteiger partial charge is 0.270 e. The van der Waals surface area contributed by atoms with E-state index in [1.807, 2.05) is 27.8 Å². The molecule has 2 heterocycles. The summed E-state index contributed by atoms with van der Waals surface area (Å²) >= 11 is 5.92. The standard InChI is InChI=1S/C14H21ClN2O2/c1-13(2)9-17(6-5-14(13,3)19)12(18)11-7-10(15)8-16(11)4/h7-8,19H,5-6,9H2,1-4H3/t14-/m0/s1. The molecule has 1 aliphatic heterocycles. The minimum Gasteiger partial charge on any atom is -0.389 e. The van der Waals surface area contributed by atoms with E-state index in [-0.39, 0.29) is 11.3 Å². The molecule has 0 aromatic carbocycles. The van der Waals surface area contributed by atoms with E-state index in [4.69, 9.17) is 11.6 Å². The number of amides is 1. The van der Waals surface area contributed by atoms with Gasteiger partial charge < -0.3 is 14.6 Å². The molecular weight excluding hydrogens is 264 g/mol. The first kappa shape index (κ1) is 14.4. The molecule has 1 aromatic rings. The first-order valence-corrected chi connectivity index (χ1v) is 6.85. The molecule has 1 amide bonds. The third-order valence-electron chi connectivity index (χ3n) is 4.39. The summed E-state index contributed by atoms with van der Waals surface area (Å²) in [5.74, 6) is -0.0297. The molecule has 106 valence electrons. The van der Waals surface area contributed by atoms with Crippen molar-refractivity contribution < 1.29 is 9.90 Å². The van der Waals surface area contributed by atoms with Crippen LogP contribution in [0.2, 0.25) is 5.02 Å². The number of hydrogen-bond donors (Lipinski definition) is 1. The van der Waals surface area contributed by atoms with Crippen molar-refractivity contribution in [2.45, 2.75) is 32.8 Å². The van der Waals surface area contributed by atoms with Gasteiger partial charge in [0, 0.05) is 31.7 Å². The van der Waals surface area contributed by atoms with E-state index in [2.05, 4.69) is 0 Å². The molecule has 1 aliphatic rings. The van der Waals surface area contributed by atoms with Gasteiger partial charge in [-0.1, -0.05) is 25.4 Å². The van der Waals surface area contributed by atoms with Gasteiger partial charge >= 0.3 is 0 Å². The van der Waals surface area contributed by atoms with Gasteiger partial charge in [0.2, 0.25) is 0 Å². The van der Waals surface area contributed by atoms with Crippen molar-refractivity contribution in [3.05, 3.63) is 23.0 Å². The second kappa shape index (κ2) is 4.53. The van der Waals surface area contributed by atoms with Gasteiger partial charge in [-0.05, 0) is 19.4 Å². The molecule has 1 saturated heterocycles. The monoisotopic (exact) mass is 284 g/mol. The number of hydrogen-bond acceptors (Lipinski definition) is 2. The average molecular weight is 285 g/mol. The fourth-order valence-corrected chi connectivity index (χ4v) is 2.74. The zero-order valence-corrected chi connectivity index (χ0v) is 12.7. The highest BCUT2D eigenvalue weighted by Gasteiger charge is 2.45. The van der Waals surface area contributed by atoms with Gasteiger partial charge in [-0.15, -0.1) is 0 Å². The van der Waals surface area contributed by atoms with Crippen LogP contribution >= 0.6 is 11.6 Å². The maximum absolute atomic E-state index is 12.5. The summed E-state index contributed by atoms with van der Waals surface area (Å²) in [6, 6.07) is 1.68. The Morgan fingerprint density at radius 2 is 2.05 bits per heavy atom. The van der Waals surface area contributed by atoms with E-state index in [9.17, 15) is 9.90 Å². The Morgan fingerprint density at radius 1 is 1.42 bits per heavy atom. The SMILES string of the molecule is Cn1cc(Cl)cc1C(=O)N1CC[C@](C)(O)C(C)(C)C1. The van der Waals surface area contributed by atoms with E-state index in [1.165, 1.54) is 0 Å². The molecule has 1 aromatic heterocycles. The number of aliphatic hydroxyl groups is 1. The number of piperidine rings is 1. The highest BCUT2D eigenvalue weighted by Crippen LogP contribution is 2.38. The van der Waals surface area contributed by atoms with E-state index in [0.29, 0.717) is 30.2 Å². The van der Waals surface area contributed by atoms with Crippen LogP contribution in [0, 0.1) is 5.41 Å². The zero-order chi connectivity index (χ0) is 14.4. The number of nitrogens with zero attached hydrogens (tertiary/aromatic N) is 2. The molecule has 2 rings (SSSR count). The Balaban J connectivity index is 2.21. The van der Waals surface area contributed by atoms with Crippen LogP contribution in [0.25, 0.3) is 0 Å². The van der Waals surface area contributed by atoms with E-state index >= 15 is 0 Å². The lowest BCUT2D eigenvalue weighted by molar-refractivity contribution is -0.0972. The van der Waals surface area contributed by atoms with Crippen molar-refractivity contribution in [2.24, 2.45) is 12.5 Å². The Labute approximate surface area is 119 Å². The van der Waals surface area contributed by atoms with Crippen molar-refractivity contribution >= 4 is 17.5 Å². The Kier molecular flexibility index (Phi) is 3.43. The molecule has 0 spiro atoms. The number of carbonyl (C=O) groups is 1. The first-order chi connectivity index (χ1) is 8.64. The summed E-state index contributed by atoms with van der Waals surface area (Å²) in [7, 11) is 1.81. The van der Waals surface area contributed by atoms with Crippen LogP contribution in [0.5, 0.6) is 0 Å². The second-order valence-electron chi connectivity index (χ2n) is 6.29. The van der Waals surface area contributed by atoms with Crippen LogP contribution in [-0.4, -0.2) is 39.2 Å². The molecule has 1 N–H and O–H groups in total. The average Bonchev–Trinajstić information content (AvgIpc) is 2.61. The molecule has 0 unspecified atom stereocenters. The number of aromatic nitrogens is 1. The molecule has 5 heteroatoms. The Bertz CT molecular complexity index is 506. The summed E-state index contributed by atoms with van der Waals surface area (Å²) in [6.07, 6.45) is 2.31. The van der Waals surface area contributed by atoms with Gasteiger partial charge in [-0.25, -0.2) is 0 Å². The quantitative estimate of drug-likeness (QED) is 0.860. The molecule has 19 heavy (non-hydrogen) atoms. The van der Waals surface area contributed by atoms with Crippen LogP contribution in [0.4, 0.5) is 0 Å². The minimum atomic E-state index is -0.740. The van der Waals surface area contributed by atoms with Crippen LogP contribution in [0.15, 0.2) is 12.3 Å². The predicted octanol–water partition coefficient (Wildman–Crippen LogP) is 2.30. The zero-order valence-electron chi connectivity index (χ0n) is 11.9. The maximum Gasteiger partial charge on any atom is 0.270 e. The van der Waals surface area contributed by atoms with Crippen molar-refractivity contribution in [1.82, 2.24) is 9.47 Å². The molecular formula is C14H21ClN2O2. The normalized spacial score (nSPS) is 26.5. The van der Waals surface area contributed by atoms with Gasteiger partial charge in [0.15, 0.2) is 0 Å². The lowest BCUT2D eigenvalue weighted by atomic mass is 9.71. The Morgan fingerprint density at radius 3 is 2.53 bits per heavy atom. The van der Waals surface area contributed by atoms with Crippen LogP contribution < -0.4 is 0 Å². The van der Waals surface area contributed by atoms with Crippen molar-refractivity contribution in [3.63, 3.8) is 0 Å². The first-order valence-electron chi connectivity index (χ1n) is 6.47. The summed E-state index contributed by atoms with van der Waals surface area (Å²) < 4.78 is 1.74. The number of likely N-dealkylation sites (tertiary alicyclic amines) is 1. The van der Waals surface area contributed by atoms with Gasteiger partial charge in [0.1, 0.15) is 5.69 Å². The molecule has 4 nitrogen and oxygen atoms in total. The highest BCUT2D eigenvalue weighted by molar-refractivity contribution is 6.31. The third kappa shape index (κ3) is 2.51. The Hall–Kier alpha value is -1.00. The summed E-state index contributed by atoms with van der Waals surface area (Å²) in [5.41, 5.74) is -0.478. The second-order valence-corrected chi connectivity index (χ2v) is 6.73. The van der Waals surface area contributed by atoms with Gasteiger partial charge in [0.05, 0.1) is 10.6 Å². The highest BCUT2D eigenvalue weighted by atomic mass is 35.5. The van der Waals surface area contributed by atoms with Crippen LogP contribution in [0.1, 0.15) is 37.7 Å². The van der Waals surface area contributed by atoms with E-state index in [0.717, 1.165) is 0 Å². The largest absolute Gasteiger partial charge is 0.389 e. The van der Waals surface area contributed by atoms with E-state index in [1.54, 1.807) is 21.7 Å². The number of halogens is 1. The number of aryl methyl sites for hydroxylation is 1. The van der Waals surface area contributed by atoms with Gasteiger partial charge in [-0.2, -0.15) is 0 Å². The fraction of sp³-hybridized carbons (Fsp3) is 0.643. The van der Waals surface area contributed by atoms with Gasteiger partial charge in [0.25, 0.3) is 5.91 Å². The van der Waals surface area contributed by atoms with Gasteiger partial charge in [-0.3, -0.25) is 4.79 Å². The molecule has 1 fully saturated rings. The molecule has 0 aliphatic carbocycles. The lowest BCUT2D eigenvalue weighted by Gasteiger charge is -2.48. The maximum atomic E-state index is 12.5. The van der Waals surface area contributed by atoms with Crippen molar-refractivity contribution in [2.75, 3.05) is 13.1 Å². The number of rotatable bonds is 1. The van der Waals surface area contributed by atoms with E-state index < -0.39 is 5.60 Å². The molecule has 1 atom stereocenters. The summed E-state index contributed by atoms with van der Waals surface area (Å²) in [5, 5.41) is 10.9. The number of carbonyl (C=O) groups excluding carboxylic acids is 1. The molecule has 0 bridgehead atoms. The molecule has 0 saturated carbocycles.